The Morgan fingerprint density at radius 2 is 2.44 bits per heavy atom. The highest BCUT2D eigenvalue weighted by molar-refractivity contribution is 8.01. The van der Waals surface area contributed by atoms with Gasteiger partial charge in [-0.3, -0.25) is 4.79 Å². The number of nitrogens with one attached hydrogen (secondary N) is 1. The van der Waals surface area contributed by atoms with Crippen molar-refractivity contribution in [2.24, 2.45) is 7.05 Å². The van der Waals surface area contributed by atoms with Crippen molar-refractivity contribution in [3.63, 3.8) is 0 Å². The molecular formula is C9H11N5O2S2. The van der Waals surface area contributed by atoms with E-state index in [0.29, 0.717) is 16.0 Å². The van der Waals surface area contributed by atoms with Crippen LogP contribution in [0.25, 0.3) is 0 Å². The number of rotatable bonds is 6. The molecule has 18 heavy (non-hydrogen) atoms. The highest BCUT2D eigenvalue weighted by atomic mass is 32.2. The van der Waals surface area contributed by atoms with Crippen LogP contribution in [0.1, 0.15) is 5.82 Å². The lowest BCUT2D eigenvalue weighted by Crippen LogP contribution is -2.05. The van der Waals surface area contributed by atoms with Crippen LogP contribution in [0.2, 0.25) is 0 Å². The second-order valence-corrected chi connectivity index (χ2v) is 5.56. The third-order valence-corrected chi connectivity index (χ3v) is 4.04. The molecule has 0 aliphatic heterocycles. The van der Waals surface area contributed by atoms with Gasteiger partial charge in [-0.15, -0.1) is 10.2 Å². The van der Waals surface area contributed by atoms with Gasteiger partial charge in [-0.05, 0) is 0 Å². The smallest absolute Gasteiger partial charge is 0.313 e. The van der Waals surface area contributed by atoms with Crippen LogP contribution in [0, 0.1) is 0 Å². The molecule has 0 unspecified atom stereocenters. The van der Waals surface area contributed by atoms with Gasteiger partial charge in [0.15, 0.2) is 4.34 Å². The Labute approximate surface area is 111 Å². The van der Waals surface area contributed by atoms with Crippen LogP contribution >= 0.6 is 23.1 Å². The average molecular weight is 285 g/mol. The Hall–Kier alpha value is -1.61. The molecule has 2 N–H and O–H groups in total. The molecule has 0 bridgehead atoms. The molecule has 0 saturated carbocycles. The maximum atomic E-state index is 10.4. The fourth-order valence-corrected chi connectivity index (χ4v) is 2.65. The zero-order valence-electron chi connectivity index (χ0n) is 9.53. The van der Waals surface area contributed by atoms with E-state index in [4.69, 9.17) is 5.11 Å². The molecular weight excluding hydrogens is 274 g/mol. The van der Waals surface area contributed by atoms with E-state index in [2.05, 4.69) is 20.5 Å². The lowest BCUT2D eigenvalue weighted by Gasteiger charge is -2.01. The summed E-state index contributed by atoms with van der Waals surface area (Å²) in [6, 6.07) is 0. The molecule has 0 aliphatic carbocycles. The fraction of sp³-hybridized carbons (Fsp3) is 0.333. The molecule has 9 heteroatoms. The van der Waals surface area contributed by atoms with E-state index in [0.717, 1.165) is 17.6 Å². The van der Waals surface area contributed by atoms with E-state index in [9.17, 15) is 4.79 Å². The topological polar surface area (TPSA) is 92.9 Å². The third kappa shape index (κ3) is 3.44. The summed E-state index contributed by atoms with van der Waals surface area (Å²) in [5.41, 5.74) is 0. The maximum absolute atomic E-state index is 10.4. The molecule has 0 saturated heterocycles. The molecule has 0 fully saturated rings. The fourth-order valence-electron chi connectivity index (χ4n) is 1.18. The van der Waals surface area contributed by atoms with Crippen LogP contribution in [0.3, 0.4) is 0 Å². The van der Waals surface area contributed by atoms with Crippen molar-refractivity contribution >= 4 is 34.2 Å². The van der Waals surface area contributed by atoms with E-state index >= 15 is 0 Å². The minimum Gasteiger partial charge on any atom is -0.481 e. The number of aliphatic carboxylic acids is 1. The molecule has 0 aromatic carbocycles. The molecule has 96 valence electrons. The largest absolute Gasteiger partial charge is 0.481 e. The van der Waals surface area contributed by atoms with Crippen molar-refractivity contribution in [2.75, 3.05) is 11.1 Å². The van der Waals surface area contributed by atoms with Gasteiger partial charge in [0.05, 0.1) is 12.3 Å². The van der Waals surface area contributed by atoms with Gasteiger partial charge in [0.2, 0.25) is 5.13 Å². The molecule has 2 heterocycles. The normalized spacial score (nSPS) is 10.5. The second kappa shape index (κ2) is 5.83. The summed E-state index contributed by atoms with van der Waals surface area (Å²) in [5.74, 6) is 0.0243. The van der Waals surface area contributed by atoms with E-state index in [1.165, 1.54) is 11.3 Å². The lowest BCUT2D eigenvalue weighted by atomic mass is 10.6. The van der Waals surface area contributed by atoms with Crippen molar-refractivity contribution in [1.29, 1.82) is 0 Å². The van der Waals surface area contributed by atoms with Gasteiger partial charge < -0.3 is 15.0 Å². The first-order valence-electron chi connectivity index (χ1n) is 5.03. The van der Waals surface area contributed by atoms with E-state index in [1.807, 2.05) is 17.8 Å². The van der Waals surface area contributed by atoms with E-state index in [-0.39, 0.29) is 5.75 Å². The molecule has 0 amide bonds. The highest BCUT2D eigenvalue weighted by Crippen LogP contribution is 2.25. The molecule has 0 aliphatic rings. The zero-order chi connectivity index (χ0) is 13.0. The quantitative estimate of drug-likeness (QED) is 0.766. The van der Waals surface area contributed by atoms with Crippen molar-refractivity contribution in [3.05, 3.63) is 18.2 Å². The summed E-state index contributed by atoms with van der Waals surface area (Å²) >= 11 is 2.49. The first-order chi connectivity index (χ1) is 8.65. The molecule has 2 aromatic rings. The number of thioether (sulfide) groups is 1. The van der Waals surface area contributed by atoms with Gasteiger partial charge in [-0.2, -0.15) is 0 Å². The van der Waals surface area contributed by atoms with Gasteiger partial charge in [0.1, 0.15) is 5.82 Å². The van der Waals surface area contributed by atoms with Gasteiger partial charge in [0.25, 0.3) is 0 Å². The Kier molecular flexibility index (Phi) is 4.15. The van der Waals surface area contributed by atoms with Crippen molar-refractivity contribution in [1.82, 2.24) is 19.7 Å². The molecule has 0 radical (unpaired) electrons. The first-order valence-corrected chi connectivity index (χ1v) is 6.83. The van der Waals surface area contributed by atoms with Crippen molar-refractivity contribution < 1.29 is 9.90 Å². The summed E-state index contributed by atoms with van der Waals surface area (Å²) in [7, 11) is 1.91. The zero-order valence-corrected chi connectivity index (χ0v) is 11.2. The number of anilines is 1. The number of hydrogen-bond donors (Lipinski definition) is 2. The number of nitrogens with zero attached hydrogens (tertiary/aromatic N) is 4. The number of aromatic nitrogens is 4. The van der Waals surface area contributed by atoms with E-state index in [1.54, 1.807) is 6.20 Å². The summed E-state index contributed by atoms with van der Waals surface area (Å²) < 4.78 is 2.55. The Balaban J connectivity index is 1.87. The predicted molar refractivity (Wildman–Crippen MR) is 68.8 cm³/mol. The van der Waals surface area contributed by atoms with Gasteiger partial charge in [0, 0.05) is 19.4 Å². The molecule has 2 aromatic heterocycles. The number of imidazole rings is 1. The molecule has 7 nitrogen and oxygen atoms in total. The summed E-state index contributed by atoms with van der Waals surface area (Å²) in [5, 5.41) is 20.1. The van der Waals surface area contributed by atoms with Crippen LogP contribution in [0.4, 0.5) is 5.13 Å². The van der Waals surface area contributed by atoms with Crippen LogP contribution in [0.5, 0.6) is 0 Å². The number of carboxylic acid groups (broad SMARTS) is 1. The van der Waals surface area contributed by atoms with Crippen LogP contribution in [-0.2, 0) is 18.4 Å². The van der Waals surface area contributed by atoms with Crippen LogP contribution in [-0.4, -0.2) is 36.6 Å². The van der Waals surface area contributed by atoms with Crippen molar-refractivity contribution in [2.45, 2.75) is 10.9 Å². The minimum atomic E-state index is -0.863. The minimum absolute atomic E-state index is 0.00595. The summed E-state index contributed by atoms with van der Waals surface area (Å²) in [4.78, 5) is 14.6. The Morgan fingerprint density at radius 1 is 1.61 bits per heavy atom. The molecule has 0 spiro atoms. The number of carbonyl (C=O) groups is 1. The lowest BCUT2D eigenvalue weighted by molar-refractivity contribution is -0.133. The predicted octanol–water partition coefficient (Wildman–Crippen LogP) is 1.06. The monoisotopic (exact) mass is 285 g/mol. The van der Waals surface area contributed by atoms with Crippen LogP contribution in [0.15, 0.2) is 16.7 Å². The number of aryl methyl sites for hydroxylation is 1. The van der Waals surface area contributed by atoms with Gasteiger partial charge >= 0.3 is 5.97 Å². The SMILES string of the molecule is Cn1ccnc1CNc1nnc(SCC(=O)O)s1. The summed E-state index contributed by atoms with van der Waals surface area (Å²) in [6.07, 6.45) is 3.59. The standard InChI is InChI=1S/C9H11N5O2S2/c1-14-3-2-10-6(14)4-11-8-12-13-9(18-8)17-5-7(15)16/h2-3H,4-5H2,1H3,(H,11,12)(H,15,16). The van der Waals surface area contributed by atoms with Crippen LogP contribution < -0.4 is 5.32 Å². The first kappa shape index (κ1) is 12.8. The third-order valence-electron chi connectivity index (χ3n) is 2.04. The van der Waals surface area contributed by atoms with E-state index < -0.39 is 5.97 Å². The highest BCUT2D eigenvalue weighted by Gasteiger charge is 2.07. The maximum Gasteiger partial charge on any atom is 0.313 e. The Bertz CT molecular complexity index is 539. The van der Waals surface area contributed by atoms with Gasteiger partial charge in [-0.25, -0.2) is 4.98 Å². The summed E-state index contributed by atoms with van der Waals surface area (Å²) in [6.45, 7) is 0.557. The van der Waals surface area contributed by atoms with Crippen molar-refractivity contribution in [3.8, 4) is 0 Å². The Morgan fingerprint density at radius 3 is 3.11 bits per heavy atom. The number of carboxylic acids is 1. The second-order valence-electron chi connectivity index (χ2n) is 3.36. The molecule has 2 rings (SSSR count). The number of hydrogen-bond acceptors (Lipinski definition) is 7. The molecule has 0 atom stereocenters. The average Bonchev–Trinajstić information content (AvgIpc) is 2.93. The van der Waals surface area contributed by atoms with Gasteiger partial charge in [-0.1, -0.05) is 23.1 Å².